The second kappa shape index (κ2) is 4.04. The minimum Gasteiger partial charge on any atom is -0.515 e. The summed E-state index contributed by atoms with van der Waals surface area (Å²) in [6, 6.07) is 13.4. The van der Waals surface area contributed by atoms with E-state index in [4.69, 9.17) is 9.52 Å². The summed E-state index contributed by atoms with van der Waals surface area (Å²) < 4.78 is 5.48. The van der Waals surface area contributed by atoms with Crippen LogP contribution in [0.3, 0.4) is 0 Å². The summed E-state index contributed by atoms with van der Waals surface area (Å²) in [6.45, 7) is 0. The highest BCUT2D eigenvalue weighted by molar-refractivity contribution is 6.10. The number of aliphatic hydroxyl groups is 1. The number of hydrogen-bond donors (Lipinski definition) is 1. The number of carbonyl (C=O) groups is 1. The smallest absolute Gasteiger partial charge is 0.224 e. The first-order valence-corrected chi connectivity index (χ1v) is 5.56. The Kier molecular flexibility index (Phi) is 2.38. The molecule has 0 radical (unpaired) electrons. The van der Waals surface area contributed by atoms with Crippen molar-refractivity contribution in [3.8, 4) is 0 Å². The van der Waals surface area contributed by atoms with Crippen LogP contribution in [0.5, 0.6) is 0 Å². The third kappa shape index (κ3) is 1.57. The molecule has 88 valence electrons. The van der Waals surface area contributed by atoms with Gasteiger partial charge in [0.1, 0.15) is 5.58 Å². The number of aliphatic hydroxyl groups excluding tert-OH is 1. The van der Waals surface area contributed by atoms with Gasteiger partial charge in [-0.1, -0.05) is 30.3 Å². The molecular weight excluding hydrogens is 228 g/mol. The highest BCUT2D eigenvalue weighted by Crippen LogP contribution is 2.28. The predicted octanol–water partition coefficient (Wildman–Crippen LogP) is 3.84. The molecule has 18 heavy (non-hydrogen) atoms. The lowest BCUT2D eigenvalue weighted by Gasteiger charge is -1.96. The minimum atomic E-state index is -0.349. The fraction of sp³-hybridized carbons (Fsp3) is 0. The molecule has 1 N–H and O–H groups in total. The number of fused-ring (bicyclic) bond motifs is 3. The van der Waals surface area contributed by atoms with Crippen LogP contribution in [0.25, 0.3) is 21.7 Å². The zero-order valence-electron chi connectivity index (χ0n) is 9.46. The molecule has 3 rings (SSSR count). The van der Waals surface area contributed by atoms with Gasteiger partial charge in [-0.05, 0) is 22.9 Å². The van der Waals surface area contributed by atoms with Gasteiger partial charge in [0.05, 0.1) is 6.26 Å². The Morgan fingerprint density at radius 1 is 1.11 bits per heavy atom. The van der Waals surface area contributed by atoms with E-state index in [2.05, 4.69) is 0 Å². The molecule has 0 amide bonds. The Morgan fingerprint density at radius 2 is 1.94 bits per heavy atom. The summed E-state index contributed by atoms with van der Waals surface area (Å²) in [5.41, 5.74) is 0.670. The number of allylic oxidation sites excluding steroid dienone is 1. The zero-order chi connectivity index (χ0) is 12.5. The quantitative estimate of drug-likeness (QED) is 0.419. The van der Waals surface area contributed by atoms with E-state index < -0.39 is 0 Å². The van der Waals surface area contributed by atoms with Gasteiger partial charge in [0.15, 0.2) is 5.76 Å². The standard InChI is InChI=1S/C15H10O3/c16-8-7-13(17)15-9-12-11-4-2-1-3-10(11)5-6-14(12)18-15/h1-9,16H/b8-7+. The maximum atomic E-state index is 11.6. The van der Waals surface area contributed by atoms with E-state index in [0.717, 1.165) is 22.2 Å². The van der Waals surface area contributed by atoms with Crippen molar-refractivity contribution in [2.45, 2.75) is 0 Å². The molecule has 1 aromatic heterocycles. The second-order valence-corrected chi connectivity index (χ2v) is 3.99. The van der Waals surface area contributed by atoms with Gasteiger partial charge >= 0.3 is 0 Å². The van der Waals surface area contributed by atoms with Crippen molar-refractivity contribution in [2.75, 3.05) is 0 Å². The van der Waals surface area contributed by atoms with Crippen molar-refractivity contribution in [1.29, 1.82) is 0 Å². The van der Waals surface area contributed by atoms with Crippen LogP contribution in [0.4, 0.5) is 0 Å². The fourth-order valence-corrected chi connectivity index (χ4v) is 2.06. The van der Waals surface area contributed by atoms with E-state index >= 15 is 0 Å². The fourth-order valence-electron chi connectivity index (χ4n) is 2.06. The number of furan rings is 1. The summed E-state index contributed by atoms with van der Waals surface area (Å²) in [5, 5.41) is 11.7. The third-order valence-corrected chi connectivity index (χ3v) is 2.89. The lowest BCUT2D eigenvalue weighted by molar-refractivity contribution is 0.102. The third-order valence-electron chi connectivity index (χ3n) is 2.89. The molecular formula is C15H10O3. The number of hydrogen-bond acceptors (Lipinski definition) is 3. The van der Waals surface area contributed by atoms with Crippen molar-refractivity contribution in [2.24, 2.45) is 0 Å². The van der Waals surface area contributed by atoms with E-state index in [1.807, 2.05) is 36.4 Å². The molecule has 0 spiro atoms. The summed E-state index contributed by atoms with van der Waals surface area (Å²) in [7, 11) is 0. The van der Waals surface area contributed by atoms with Crippen molar-refractivity contribution >= 4 is 27.5 Å². The second-order valence-electron chi connectivity index (χ2n) is 3.99. The van der Waals surface area contributed by atoms with Gasteiger partial charge in [0.2, 0.25) is 5.78 Å². The lowest BCUT2D eigenvalue weighted by Crippen LogP contribution is -1.89. The van der Waals surface area contributed by atoms with Crippen molar-refractivity contribution in [3.63, 3.8) is 0 Å². The van der Waals surface area contributed by atoms with E-state index in [1.165, 1.54) is 0 Å². The van der Waals surface area contributed by atoms with Crippen LogP contribution in [0.1, 0.15) is 10.6 Å². The van der Waals surface area contributed by atoms with Gasteiger partial charge in [-0.3, -0.25) is 4.79 Å². The Morgan fingerprint density at radius 3 is 2.78 bits per heavy atom. The molecule has 3 nitrogen and oxygen atoms in total. The van der Waals surface area contributed by atoms with Crippen LogP contribution >= 0.6 is 0 Å². The van der Waals surface area contributed by atoms with Gasteiger partial charge < -0.3 is 9.52 Å². The molecule has 0 saturated carbocycles. The average molecular weight is 238 g/mol. The lowest BCUT2D eigenvalue weighted by atomic mass is 10.1. The predicted molar refractivity (Wildman–Crippen MR) is 69.8 cm³/mol. The maximum Gasteiger partial charge on any atom is 0.224 e. The molecule has 3 heteroatoms. The van der Waals surface area contributed by atoms with E-state index in [-0.39, 0.29) is 11.5 Å². The SMILES string of the molecule is O=C(/C=C/O)c1cc2c(ccc3ccccc32)o1. The molecule has 0 fully saturated rings. The molecule has 0 unspecified atom stereocenters. The van der Waals surface area contributed by atoms with E-state index in [0.29, 0.717) is 11.8 Å². The van der Waals surface area contributed by atoms with E-state index in [1.54, 1.807) is 6.07 Å². The monoisotopic (exact) mass is 238 g/mol. The van der Waals surface area contributed by atoms with Crippen LogP contribution in [0.2, 0.25) is 0 Å². The summed E-state index contributed by atoms with van der Waals surface area (Å²) in [5.74, 6) is -0.121. The van der Waals surface area contributed by atoms with Crippen molar-refractivity contribution < 1.29 is 14.3 Å². The van der Waals surface area contributed by atoms with Gasteiger partial charge in [-0.2, -0.15) is 0 Å². The molecule has 0 bridgehead atoms. The van der Waals surface area contributed by atoms with E-state index in [9.17, 15) is 4.79 Å². The first-order chi connectivity index (χ1) is 8.79. The van der Waals surface area contributed by atoms with Crippen LogP contribution in [0.15, 0.2) is 59.2 Å². The zero-order valence-corrected chi connectivity index (χ0v) is 9.46. The molecule has 0 aliphatic rings. The number of carbonyl (C=O) groups excluding carboxylic acids is 1. The number of rotatable bonds is 2. The largest absolute Gasteiger partial charge is 0.515 e. The van der Waals surface area contributed by atoms with Gasteiger partial charge in [-0.25, -0.2) is 0 Å². The number of benzene rings is 2. The Balaban J connectivity index is 2.29. The molecule has 0 atom stereocenters. The minimum absolute atomic E-state index is 0.228. The van der Waals surface area contributed by atoms with Crippen LogP contribution in [-0.4, -0.2) is 10.9 Å². The normalized spacial score (nSPS) is 11.6. The summed E-state index contributed by atoms with van der Waals surface area (Å²) >= 11 is 0. The molecule has 3 aromatic rings. The molecule has 0 aliphatic heterocycles. The van der Waals surface area contributed by atoms with Crippen molar-refractivity contribution in [1.82, 2.24) is 0 Å². The Labute approximate surface area is 103 Å². The highest BCUT2D eigenvalue weighted by Gasteiger charge is 2.11. The molecule has 2 aromatic carbocycles. The topological polar surface area (TPSA) is 50.4 Å². The van der Waals surface area contributed by atoms with Gasteiger partial charge in [0.25, 0.3) is 0 Å². The van der Waals surface area contributed by atoms with Gasteiger partial charge in [-0.15, -0.1) is 0 Å². The Bertz CT molecular complexity index is 766. The summed E-state index contributed by atoms with van der Waals surface area (Å²) in [6.07, 6.45) is 1.79. The van der Waals surface area contributed by atoms with Crippen molar-refractivity contribution in [3.05, 3.63) is 60.6 Å². The first-order valence-electron chi connectivity index (χ1n) is 5.56. The first kappa shape index (κ1) is 10.6. The maximum absolute atomic E-state index is 11.6. The van der Waals surface area contributed by atoms with Crippen LogP contribution in [-0.2, 0) is 0 Å². The van der Waals surface area contributed by atoms with Crippen LogP contribution < -0.4 is 0 Å². The Hall–Kier alpha value is -2.55. The highest BCUT2D eigenvalue weighted by atomic mass is 16.3. The molecule has 0 aliphatic carbocycles. The molecule has 0 saturated heterocycles. The summed E-state index contributed by atoms with van der Waals surface area (Å²) in [4.78, 5) is 11.6. The van der Waals surface area contributed by atoms with Crippen LogP contribution in [0, 0.1) is 0 Å². The number of ketones is 1. The molecule has 1 heterocycles. The average Bonchev–Trinajstić information content (AvgIpc) is 2.83. The van der Waals surface area contributed by atoms with Gasteiger partial charge in [0, 0.05) is 11.5 Å².